The van der Waals surface area contributed by atoms with Crippen LogP contribution in [-0.4, -0.2) is 17.6 Å². The third-order valence-electron chi connectivity index (χ3n) is 3.43. The molecule has 1 N–H and O–H groups in total. The number of para-hydroxylation sites is 1. The number of ether oxygens (including phenoxy) is 1. The second-order valence-electron chi connectivity index (χ2n) is 4.77. The molecule has 0 radical (unpaired) electrons. The van der Waals surface area contributed by atoms with Crippen molar-refractivity contribution in [2.24, 2.45) is 5.92 Å². The minimum atomic E-state index is -2.63. The first-order chi connectivity index (χ1) is 8.53. The average Bonchev–Trinajstić information content (AvgIpc) is 2.70. The Morgan fingerprint density at radius 1 is 1.44 bits per heavy atom. The zero-order chi connectivity index (χ0) is 13.2. The molecule has 0 saturated heterocycles. The fourth-order valence-corrected chi connectivity index (χ4v) is 2.52. The van der Waals surface area contributed by atoms with Crippen molar-refractivity contribution in [1.82, 2.24) is 0 Å². The van der Waals surface area contributed by atoms with Gasteiger partial charge in [-0.05, 0) is 25.3 Å². The van der Waals surface area contributed by atoms with E-state index in [1.165, 1.54) is 0 Å². The Hall–Kier alpha value is -1.16. The molecule has 1 fully saturated rings. The van der Waals surface area contributed by atoms with Gasteiger partial charge in [0.25, 0.3) is 0 Å². The molecule has 1 aromatic rings. The van der Waals surface area contributed by atoms with E-state index < -0.39 is 12.0 Å². The summed E-state index contributed by atoms with van der Waals surface area (Å²) < 4.78 is 31.8. The van der Waals surface area contributed by atoms with Crippen molar-refractivity contribution >= 4 is 0 Å². The van der Waals surface area contributed by atoms with Crippen LogP contribution in [-0.2, 0) is 0 Å². The molecule has 4 heteroatoms. The van der Waals surface area contributed by atoms with Crippen LogP contribution in [0.25, 0.3) is 0 Å². The Kier molecular flexibility index (Phi) is 3.85. The lowest BCUT2D eigenvalue weighted by Crippen LogP contribution is -2.15. The highest BCUT2D eigenvalue weighted by Crippen LogP contribution is 2.45. The number of hydrogen-bond donors (Lipinski definition) is 1. The van der Waals surface area contributed by atoms with Crippen LogP contribution >= 0.6 is 0 Å². The first-order valence-electron chi connectivity index (χ1n) is 6.31. The lowest BCUT2D eigenvalue weighted by atomic mass is 9.93. The molecule has 2 rings (SSSR count). The average molecular weight is 256 g/mol. The van der Waals surface area contributed by atoms with Crippen LogP contribution in [0.5, 0.6) is 5.75 Å². The highest BCUT2D eigenvalue weighted by atomic mass is 19.3. The number of hydrogen-bond acceptors (Lipinski definition) is 2. The van der Waals surface area contributed by atoms with Gasteiger partial charge < -0.3 is 9.84 Å². The molecule has 0 spiro atoms. The van der Waals surface area contributed by atoms with Crippen LogP contribution in [0.3, 0.4) is 0 Å². The molecule has 100 valence electrons. The number of halogens is 2. The molecule has 1 saturated carbocycles. The second kappa shape index (κ2) is 5.22. The van der Waals surface area contributed by atoms with Gasteiger partial charge in [-0.1, -0.05) is 18.2 Å². The second-order valence-corrected chi connectivity index (χ2v) is 4.77. The normalized spacial score (nSPS) is 23.9. The smallest absolute Gasteiger partial charge is 0.248 e. The van der Waals surface area contributed by atoms with Gasteiger partial charge in [0.05, 0.1) is 12.7 Å². The van der Waals surface area contributed by atoms with Gasteiger partial charge in [-0.25, -0.2) is 8.78 Å². The quantitative estimate of drug-likeness (QED) is 0.892. The summed E-state index contributed by atoms with van der Waals surface area (Å²) in [6, 6.07) is 7.10. The third-order valence-corrected chi connectivity index (χ3v) is 3.43. The Morgan fingerprint density at radius 2 is 2.17 bits per heavy atom. The molecule has 0 aromatic heterocycles. The van der Waals surface area contributed by atoms with Crippen molar-refractivity contribution in [1.29, 1.82) is 0 Å². The summed E-state index contributed by atoms with van der Waals surface area (Å²) in [4.78, 5) is 0. The molecule has 1 aliphatic rings. The summed E-state index contributed by atoms with van der Waals surface area (Å²) in [5, 5.41) is 10.2. The summed E-state index contributed by atoms with van der Waals surface area (Å²) >= 11 is 0. The number of alkyl halides is 2. The SMILES string of the molecule is CCOc1ccccc1C(O)C1CCC(F)(F)C1. The van der Waals surface area contributed by atoms with E-state index in [0.717, 1.165) is 0 Å². The van der Waals surface area contributed by atoms with Crippen molar-refractivity contribution in [3.8, 4) is 5.75 Å². The topological polar surface area (TPSA) is 29.5 Å². The first-order valence-corrected chi connectivity index (χ1v) is 6.31. The summed E-state index contributed by atoms with van der Waals surface area (Å²) in [7, 11) is 0. The fourth-order valence-electron chi connectivity index (χ4n) is 2.52. The molecule has 1 aromatic carbocycles. The van der Waals surface area contributed by atoms with Crippen molar-refractivity contribution in [3.05, 3.63) is 29.8 Å². The molecule has 2 unspecified atom stereocenters. The Labute approximate surface area is 106 Å². The molecule has 0 aliphatic heterocycles. The molecule has 0 heterocycles. The Balaban J connectivity index is 2.16. The first kappa shape index (κ1) is 13.3. The molecular formula is C14H18F2O2. The largest absolute Gasteiger partial charge is 0.493 e. The third kappa shape index (κ3) is 2.80. The predicted octanol–water partition coefficient (Wildman–Crippen LogP) is 3.55. The summed E-state index contributed by atoms with van der Waals surface area (Å²) in [6.45, 7) is 2.34. The summed E-state index contributed by atoms with van der Waals surface area (Å²) in [5.74, 6) is -2.43. The molecule has 2 nitrogen and oxygen atoms in total. The van der Waals surface area contributed by atoms with E-state index in [9.17, 15) is 13.9 Å². The van der Waals surface area contributed by atoms with E-state index in [1.807, 2.05) is 13.0 Å². The van der Waals surface area contributed by atoms with E-state index in [2.05, 4.69) is 0 Å². The lowest BCUT2D eigenvalue weighted by molar-refractivity contribution is -0.00536. The maximum atomic E-state index is 13.2. The van der Waals surface area contributed by atoms with E-state index in [4.69, 9.17) is 4.74 Å². The van der Waals surface area contributed by atoms with Gasteiger partial charge in [0.15, 0.2) is 0 Å². The van der Waals surface area contributed by atoms with Crippen LogP contribution in [0.1, 0.15) is 37.9 Å². The van der Waals surface area contributed by atoms with Gasteiger partial charge in [-0.2, -0.15) is 0 Å². The molecule has 18 heavy (non-hydrogen) atoms. The van der Waals surface area contributed by atoms with Crippen molar-refractivity contribution in [2.75, 3.05) is 6.61 Å². The molecule has 0 amide bonds. The zero-order valence-corrected chi connectivity index (χ0v) is 10.4. The minimum Gasteiger partial charge on any atom is -0.493 e. The number of aliphatic hydroxyl groups excluding tert-OH is 1. The Morgan fingerprint density at radius 3 is 2.78 bits per heavy atom. The lowest BCUT2D eigenvalue weighted by Gasteiger charge is -2.21. The minimum absolute atomic E-state index is 0.133. The summed E-state index contributed by atoms with van der Waals surface area (Å²) in [6.07, 6.45) is -0.893. The van der Waals surface area contributed by atoms with Crippen LogP contribution in [0.15, 0.2) is 24.3 Å². The maximum Gasteiger partial charge on any atom is 0.248 e. The van der Waals surface area contributed by atoms with E-state index >= 15 is 0 Å². The van der Waals surface area contributed by atoms with E-state index in [0.29, 0.717) is 24.3 Å². The van der Waals surface area contributed by atoms with Crippen LogP contribution in [0.2, 0.25) is 0 Å². The van der Waals surface area contributed by atoms with Gasteiger partial charge in [-0.3, -0.25) is 0 Å². The van der Waals surface area contributed by atoms with Gasteiger partial charge in [0.1, 0.15) is 5.75 Å². The van der Waals surface area contributed by atoms with Crippen molar-refractivity contribution < 1.29 is 18.6 Å². The van der Waals surface area contributed by atoms with Gasteiger partial charge in [0.2, 0.25) is 5.92 Å². The van der Waals surface area contributed by atoms with E-state index in [1.54, 1.807) is 18.2 Å². The standard InChI is InChI=1S/C14H18F2O2/c1-2-18-12-6-4-3-5-11(12)13(17)10-7-8-14(15,16)9-10/h3-6,10,13,17H,2,7-9H2,1H3. The van der Waals surface area contributed by atoms with Crippen LogP contribution in [0.4, 0.5) is 8.78 Å². The highest BCUT2D eigenvalue weighted by molar-refractivity contribution is 5.35. The monoisotopic (exact) mass is 256 g/mol. The molecule has 0 bridgehead atoms. The van der Waals surface area contributed by atoms with E-state index in [-0.39, 0.29) is 18.8 Å². The van der Waals surface area contributed by atoms with Gasteiger partial charge in [-0.15, -0.1) is 0 Å². The van der Waals surface area contributed by atoms with Gasteiger partial charge in [0, 0.05) is 18.4 Å². The number of rotatable bonds is 4. The highest BCUT2D eigenvalue weighted by Gasteiger charge is 2.42. The molecule has 2 atom stereocenters. The Bertz CT molecular complexity index is 407. The molecular weight excluding hydrogens is 238 g/mol. The summed E-state index contributed by atoms with van der Waals surface area (Å²) in [5.41, 5.74) is 0.613. The zero-order valence-electron chi connectivity index (χ0n) is 10.4. The predicted molar refractivity (Wildman–Crippen MR) is 64.9 cm³/mol. The molecule has 1 aliphatic carbocycles. The van der Waals surface area contributed by atoms with Crippen molar-refractivity contribution in [2.45, 2.75) is 38.2 Å². The van der Waals surface area contributed by atoms with Crippen LogP contribution in [0, 0.1) is 5.92 Å². The number of aliphatic hydroxyl groups is 1. The number of benzene rings is 1. The van der Waals surface area contributed by atoms with Crippen molar-refractivity contribution in [3.63, 3.8) is 0 Å². The van der Waals surface area contributed by atoms with Gasteiger partial charge >= 0.3 is 0 Å². The maximum absolute atomic E-state index is 13.2. The van der Waals surface area contributed by atoms with Crippen LogP contribution < -0.4 is 4.74 Å². The fraction of sp³-hybridized carbons (Fsp3) is 0.571.